The molecule has 4 rings (SSSR count). The van der Waals surface area contributed by atoms with Crippen molar-refractivity contribution < 1.29 is 5.11 Å². The molecule has 0 aromatic carbocycles. The Labute approximate surface area is 186 Å². The first kappa shape index (κ1) is 22.6. The van der Waals surface area contributed by atoms with Crippen molar-refractivity contribution in [2.24, 2.45) is 40.4 Å². The van der Waals surface area contributed by atoms with Gasteiger partial charge in [-0.25, -0.2) is 0 Å². The number of fused-ring (bicyclic) bond motifs is 4. The summed E-state index contributed by atoms with van der Waals surface area (Å²) in [7, 11) is 0. The van der Waals surface area contributed by atoms with Crippen molar-refractivity contribution >= 4 is 0 Å². The fourth-order valence-electron chi connectivity index (χ4n) is 8.56. The van der Waals surface area contributed by atoms with E-state index in [1.54, 1.807) is 5.57 Å². The number of hydrogen-bond acceptors (Lipinski definition) is 1. The molecular weight excluding hydrogens is 364 g/mol. The van der Waals surface area contributed by atoms with E-state index in [2.05, 4.69) is 47.6 Å². The molecule has 0 radical (unpaired) electrons. The Hall–Kier alpha value is -0.560. The third-order valence-electron chi connectivity index (χ3n) is 10.7. The van der Waals surface area contributed by atoms with E-state index in [1.807, 2.05) is 11.1 Å². The number of aliphatic hydroxyl groups excluding tert-OH is 1. The van der Waals surface area contributed by atoms with Gasteiger partial charge in [-0.1, -0.05) is 77.2 Å². The summed E-state index contributed by atoms with van der Waals surface area (Å²) in [4.78, 5) is 0. The number of hydrogen-bond donors (Lipinski definition) is 1. The van der Waals surface area contributed by atoms with E-state index in [4.69, 9.17) is 0 Å². The summed E-state index contributed by atoms with van der Waals surface area (Å²) in [6, 6.07) is 0. The minimum atomic E-state index is -0.102. The van der Waals surface area contributed by atoms with Gasteiger partial charge >= 0.3 is 0 Å². The summed E-state index contributed by atoms with van der Waals surface area (Å²) >= 11 is 0. The van der Waals surface area contributed by atoms with Crippen molar-refractivity contribution in [3.8, 4) is 0 Å². The maximum atomic E-state index is 10.2. The zero-order valence-corrected chi connectivity index (χ0v) is 20.8. The van der Waals surface area contributed by atoms with Gasteiger partial charge in [-0.3, -0.25) is 0 Å². The van der Waals surface area contributed by atoms with E-state index < -0.39 is 0 Å². The molecule has 0 spiro atoms. The predicted molar refractivity (Wildman–Crippen MR) is 128 cm³/mol. The van der Waals surface area contributed by atoms with Crippen LogP contribution >= 0.6 is 0 Å². The fraction of sp³-hybridized carbons (Fsp3) is 0.862. The lowest BCUT2D eigenvalue weighted by molar-refractivity contribution is 0.0845. The quantitative estimate of drug-likeness (QED) is 0.437. The molecule has 7 atom stereocenters. The zero-order chi connectivity index (χ0) is 21.7. The lowest BCUT2D eigenvalue weighted by Gasteiger charge is -2.52. The molecule has 0 aromatic rings. The Bertz CT molecular complexity index is 699. The summed E-state index contributed by atoms with van der Waals surface area (Å²) in [5.41, 5.74) is 6.01. The molecule has 2 fully saturated rings. The Morgan fingerprint density at radius 2 is 1.83 bits per heavy atom. The van der Waals surface area contributed by atoms with Crippen LogP contribution in [0.1, 0.15) is 112 Å². The predicted octanol–water partition coefficient (Wildman–Crippen LogP) is 8.09. The van der Waals surface area contributed by atoms with Crippen LogP contribution < -0.4 is 0 Å². The molecule has 170 valence electrons. The van der Waals surface area contributed by atoms with Gasteiger partial charge in [0.05, 0.1) is 6.10 Å². The third-order valence-corrected chi connectivity index (χ3v) is 10.7. The summed E-state index contributed by atoms with van der Waals surface area (Å²) in [5, 5.41) is 10.2. The van der Waals surface area contributed by atoms with Crippen molar-refractivity contribution in [3.05, 3.63) is 22.8 Å². The first-order chi connectivity index (χ1) is 14.2. The molecule has 0 aliphatic heterocycles. The highest BCUT2D eigenvalue weighted by atomic mass is 16.3. The highest BCUT2D eigenvalue weighted by Gasteiger charge is 2.54. The van der Waals surface area contributed by atoms with E-state index in [0.717, 1.165) is 48.9 Å². The van der Waals surface area contributed by atoms with E-state index >= 15 is 0 Å². The molecule has 1 nitrogen and oxygen atoms in total. The van der Waals surface area contributed by atoms with Crippen molar-refractivity contribution in [2.45, 2.75) is 118 Å². The molecule has 0 amide bonds. The van der Waals surface area contributed by atoms with Crippen LogP contribution in [0.15, 0.2) is 22.8 Å². The van der Waals surface area contributed by atoms with E-state index in [1.165, 1.54) is 51.4 Å². The fourth-order valence-corrected chi connectivity index (χ4v) is 8.56. The van der Waals surface area contributed by atoms with Crippen LogP contribution in [-0.2, 0) is 0 Å². The summed E-state index contributed by atoms with van der Waals surface area (Å²) < 4.78 is 0. The lowest BCUT2D eigenvalue weighted by Crippen LogP contribution is -2.42. The monoisotopic (exact) mass is 412 g/mol. The van der Waals surface area contributed by atoms with Crippen molar-refractivity contribution in [1.82, 2.24) is 0 Å². The van der Waals surface area contributed by atoms with Gasteiger partial charge in [0, 0.05) is 5.41 Å². The number of aliphatic hydroxyl groups is 1. The maximum Gasteiger partial charge on any atom is 0.0578 e. The highest BCUT2D eigenvalue weighted by molar-refractivity contribution is 5.43. The van der Waals surface area contributed by atoms with Crippen LogP contribution in [0.5, 0.6) is 0 Å². The highest BCUT2D eigenvalue weighted by Crippen LogP contribution is 2.65. The Kier molecular flexibility index (Phi) is 6.35. The second-order valence-corrected chi connectivity index (χ2v) is 12.4. The van der Waals surface area contributed by atoms with E-state index in [-0.39, 0.29) is 11.5 Å². The average molecular weight is 413 g/mol. The Morgan fingerprint density at radius 3 is 2.53 bits per heavy atom. The van der Waals surface area contributed by atoms with Crippen molar-refractivity contribution in [1.29, 1.82) is 0 Å². The molecule has 30 heavy (non-hydrogen) atoms. The summed E-state index contributed by atoms with van der Waals surface area (Å²) in [6.45, 7) is 15.0. The van der Waals surface area contributed by atoms with Crippen LogP contribution in [0, 0.1) is 40.4 Å². The van der Waals surface area contributed by atoms with Crippen LogP contribution in [0.2, 0.25) is 0 Å². The molecule has 1 unspecified atom stereocenters. The molecule has 0 aromatic heterocycles. The van der Waals surface area contributed by atoms with Gasteiger partial charge in [-0.2, -0.15) is 0 Å². The number of allylic oxidation sites excluding steroid dienone is 3. The molecule has 0 saturated heterocycles. The van der Waals surface area contributed by atoms with Gasteiger partial charge in [-0.15, -0.1) is 0 Å². The average Bonchev–Trinajstić information content (AvgIpc) is 3.06. The van der Waals surface area contributed by atoms with Crippen LogP contribution in [0.25, 0.3) is 0 Å². The summed E-state index contributed by atoms with van der Waals surface area (Å²) in [6.07, 6.45) is 16.5. The molecule has 0 bridgehead atoms. The smallest absolute Gasteiger partial charge is 0.0578 e. The molecule has 4 aliphatic rings. The molecular formula is C29H48O. The van der Waals surface area contributed by atoms with Crippen LogP contribution in [-0.4, -0.2) is 11.2 Å². The Balaban J connectivity index is 1.51. The van der Waals surface area contributed by atoms with Gasteiger partial charge in [-0.05, 0) is 92.8 Å². The first-order valence-electron chi connectivity index (χ1n) is 13.3. The van der Waals surface area contributed by atoms with Gasteiger partial charge in [0.2, 0.25) is 0 Å². The molecule has 1 N–H and O–H groups in total. The second kappa shape index (κ2) is 8.42. The molecule has 1 heteroatoms. The standard InChI is InChI=1S/C29H48O/c1-7-21(19(2)3)9-8-20(4)25-12-13-26-24-11-10-22-18-23(30)14-16-28(22,5)27(24)15-17-29(25,26)6/h10,19-21,23,25-26,30H,7-9,11-18H2,1-6H3/t20-,21-,23+,25-,26?,28+,29-/m1/s1. The SMILES string of the molecule is CC[C@H](CC[C@@H](C)[C@H]1CCC2C3=C(CC[C@@]21C)[C@@]1(C)CC[C@H](O)CC1=CC3)C(C)C. The van der Waals surface area contributed by atoms with Crippen molar-refractivity contribution in [3.63, 3.8) is 0 Å². The second-order valence-electron chi connectivity index (χ2n) is 12.4. The molecule has 4 aliphatic carbocycles. The lowest BCUT2D eigenvalue weighted by atomic mass is 9.53. The summed E-state index contributed by atoms with van der Waals surface area (Å²) in [5.74, 6) is 4.33. The molecule has 2 saturated carbocycles. The van der Waals surface area contributed by atoms with Gasteiger partial charge in [0.1, 0.15) is 0 Å². The van der Waals surface area contributed by atoms with Gasteiger partial charge in [0.15, 0.2) is 0 Å². The minimum absolute atomic E-state index is 0.102. The van der Waals surface area contributed by atoms with Gasteiger partial charge in [0.25, 0.3) is 0 Å². The minimum Gasteiger partial charge on any atom is -0.393 e. The number of rotatable bonds is 6. The largest absolute Gasteiger partial charge is 0.393 e. The van der Waals surface area contributed by atoms with Crippen molar-refractivity contribution in [2.75, 3.05) is 0 Å². The normalized spacial score (nSPS) is 40.5. The van der Waals surface area contributed by atoms with Crippen LogP contribution in [0.3, 0.4) is 0 Å². The molecule has 0 heterocycles. The third kappa shape index (κ3) is 3.66. The van der Waals surface area contributed by atoms with E-state index in [9.17, 15) is 5.11 Å². The van der Waals surface area contributed by atoms with Crippen LogP contribution in [0.4, 0.5) is 0 Å². The maximum absolute atomic E-state index is 10.2. The van der Waals surface area contributed by atoms with Gasteiger partial charge < -0.3 is 5.11 Å². The zero-order valence-electron chi connectivity index (χ0n) is 20.8. The first-order valence-corrected chi connectivity index (χ1v) is 13.3. The Morgan fingerprint density at radius 1 is 1.07 bits per heavy atom. The van der Waals surface area contributed by atoms with E-state index in [0.29, 0.717) is 5.41 Å². The topological polar surface area (TPSA) is 20.2 Å².